The fraction of sp³-hybridized carbons (Fsp3) is 0.538. The van der Waals surface area contributed by atoms with Crippen molar-refractivity contribution in [3.8, 4) is 0 Å². The molecule has 16 heavy (non-hydrogen) atoms. The van der Waals surface area contributed by atoms with Gasteiger partial charge in [-0.1, -0.05) is 30.5 Å². The molecule has 0 radical (unpaired) electrons. The monoisotopic (exact) mass is 236 g/mol. The van der Waals surface area contributed by atoms with Crippen LogP contribution in [-0.2, 0) is 0 Å². The van der Waals surface area contributed by atoms with Crippen molar-refractivity contribution < 1.29 is 0 Å². The second kappa shape index (κ2) is 3.56. The molecule has 1 aliphatic heterocycles. The van der Waals surface area contributed by atoms with Gasteiger partial charge in [-0.25, -0.2) is 0 Å². The van der Waals surface area contributed by atoms with Crippen LogP contribution in [-0.4, -0.2) is 19.1 Å². The number of likely N-dealkylation sites (N-methyl/N-ethyl adjacent to an activating group) is 1. The number of nitrogens with zero attached hydrogens (tertiary/aromatic N) is 1. The number of hydrogen-bond donors (Lipinski definition) is 1. The van der Waals surface area contributed by atoms with Gasteiger partial charge in [-0.2, -0.15) is 0 Å². The maximum atomic E-state index is 6.25. The highest BCUT2D eigenvalue weighted by Crippen LogP contribution is 2.44. The Balaban J connectivity index is 2.02. The van der Waals surface area contributed by atoms with Crippen molar-refractivity contribution in [1.29, 1.82) is 0 Å². The molecule has 3 heteroatoms. The topological polar surface area (TPSA) is 15.3 Å². The molecule has 1 spiro atoms. The van der Waals surface area contributed by atoms with Crippen LogP contribution < -0.4 is 10.2 Å². The summed E-state index contributed by atoms with van der Waals surface area (Å²) in [6.45, 7) is 1.07. The summed E-state index contributed by atoms with van der Waals surface area (Å²) in [7, 11) is 2.14. The van der Waals surface area contributed by atoms with Crippen LogP contribution in [0.25, 0.3) is 0 Å². The third kappa shape index (κ3) is 1.47. The van der Waals surface area contributed by atoms with E-state index in [4.69, 9.17) is 11.6 Å². The van der Waals surface area contributed by atoms with E-state index in [0.29, 0.717) is 5.54 Å². The number of halogens is 1. The molecule has 1 aliphatic carbocycles. The fourth-order valence-electron chi connectivity index (χ4n) is 3.20. The molecular weight excluding hydrogens is 220 g/mol. The summed E-state index contributed by atoms with van der Waals surface area (Å²) in [4.78, 5) is 2.31. The molecule has 0 unspecified atom stereocenters. The van der Waals surface area contributed by atoms with Gasteiger partial charge in [0.25, 0.3) is 0 Å². The second-order valence-corrected chi connectivity index (χ2v) is 5.51. The second-order valence-electron chi connectivity index (χ2n) is 5.10. The highest BCUT2D eigenvalue weighted by Gasteiger charge is 2.39. The summed E-state index contributed by atoms with van der Waals surface area (Å²) >= 11 is 6.25. The summed E-state index contributed by atoms with van der Waals surface area (Å²) in [6.07, 6.45) is 5.25. The zero-order valence-electron chi connectivity index (χ0n) is 9.59. The van der Waals surface area contributed by atoms with E-state index in [2.05, 4.69) is 23.3 Å². The van der Waals surface area contributed by atoms with Gasteiger partial charge in [0, 0.05) is 13.6 Å². The molecule has 1 heterocycles. The van der Waals surface area contributed by atoms with Crippen LogP contribution in [0.3, 0.4) is 0 Å². The van der Waals surface area contributed by atoms with Gasteiger partial charge < -0.3 is 10.2 Å². The number of fused-ring (bicyclic) bond motifs is 1. The van der Waals surface area contributed by atoms with Gasteiger partial charge in [0.05, 0.1) is 21.9 Å². The van der Waals surface area contributed by atoms with Crippen LogP contribution in [0.4, 0.5) is 11.4 Å². The number of anilines is 2. The zero-order chi connectivity index (χ0) is 11.2. The van der Waals surface area contributed by atoms with Crippen LogP contribution in [0.5, 0.6) is 0 Å². The number of benzene rings is 1. The van der Waals surface area contributed by atoms with E-state index in [1.54, 1.807) is 0 Å². The van der Waals surface area contributed by atoms with E-state index in [1.807, 2.05) is 12.1 Å². The van der Waals surface area contributed by atoms with Gasteiger partial charge in [-0.3, -0.25) is 0 Å². The third-order valence-electron chi connectivity index (χ3n) is 3.87. The SMILES string of the molecule is CN1CC2(CCCC2)Nc2cccc(Cl)c21. The Labute approximate surface area is 102 Å². The molecule has 2 aliphatic rings. The molecular formula is C13H17ClN2. The van der Waals surface area contributed by atoms with E-state index >= 15 is 0 Å². The quantitative estimate of drug-likeness (QED) is 0.742. The predicted octanol–water partition coefficient (Wildman–Crippen LogP) is 3.51. The Morgan fingerprint density at radius 2 is 2.06 bits per heavy atom. The Kier molecular flexibility index (Phi) is 2.28. The molecule has 1 N–H and O–H groups in total. The van der Waals surface area contributed by atoms with E-state index in [9.17, 15) is 0 Å². The lowest BCUT2D eigenvalue weighted by atomic mass is 9.93. The minimum atomic E-state index is 0.298. The summed E-state index contributed by atoms with van der Waals surface area (Å²) in [5, 5.41) is 4.56. The number of hydrogen-bond acceptors (Lipinski definition) is 2. The molecule has 0 saturated heterocycles. The first kappa shape index (κ1) is 10.3. The predicted molar refractivity (Wildman–Crippen MR) is 69.5 cm³/mol. The Morgan fingerprint density at radius 3 is 2.81 bits per heavy atom. The van der Waals surface area contributed by atoms with Crippen LogP contribution in [0, 0.1) is 0 Å². The Hall–Kier alpha value is -0.890. The minimum absolute atomic E-state index is 0.298. The van der Waals surface area contributed by atoms with Crippen LogP contribution in [0.1, 0.15) is 25.7 Å². The summed E-state index contributed by atoms with van der Waals surface area (Å²) in [6, 6.07) is 6.12. The van der Waals surface area contributed by atoms with Crippen molar-refractivity contribution in [2.45, 2.75) is 31.2 Å². The third-order valence-corrected chi connectivity index (χ3v) is 4.17. The molecule has 1 saturated carbocycles. The highest BCUT2D eigenvalue weighted by atomic mass is 35.5. The Bertz CT molecular complexity index is 410. The van der Waals surface area contributed by atoms with Crippen LogP contribution in [0.2, 0.25) is 5.02 Å². The molecule has 0 amide bonds. The molecule has 1 aromatic rings. The van der Waals surface area contributed by atoms with Crippen LogP contribution >= 0.6 is 11.6 Å². The lowest BCUT2D eigenvalue weighted by Gasteiger charge is -2.42. The molecule has 2 nitrogen and oxygen atoms in total. The molecule has 1 aromatic carbocycles. The maximum absolute atomic E-state index is 6.25. The normalized spacial score (nSPS) is 22.0. The molecule has 0 aromatic heterocycles. The number of rotatable bonds is 0. The zero-order valence-corrected chi connectivity index (χ0v) is 10.3. The largest absolute Gasteiger partial charge is 0.376 e. The van der Waals surface area contributed by atoms with Gasteiger partial charge in [-0.15, -0.1) is 0 Å². The maximum Gasteiger partial charge on any atom is 0.0789 e. The van der Waals surface area contributed by atoms with Crippen molar-refractivity contribution >= 4 is 23.0 Å². The summed E-state index contributed by atoms with van der Waals surface area (Å²) in [5.74, 6) is 0. The summed E-state index contributed by atoms with van der Waals surface area (Å²) in [5.41, 5.74) is 2.65. The van der Waals surface area contributed by atoms with Gasteiger partial charge in [0.1, 0.15) is 0 Å². The average Bonchev–Trinajstić information content (AvgIpc) is 2.65. The van der Waals surface area contributed by atoms with E-state index in [0.717, 1.165) is 17.3 Å². The van der Waals surface area contributed by atoms with Crippen molar-refractivity contribution in [1.82, 2.24) is 0 Å². The van der Waals surface area contributed by atoms with Gasteiger partial charge >= 0.3 is 0 Å². The lowest BCUT2D eigenvalue weighted by molar-refractivity contribution is 0.472. The molecule has 3 rings (SSSR count). The first-order valence-corrected chi connectivity index (χ1v) is 6.36. The molecule has 86 valence electrons. The number of nitrogens with one attached hydrogen (secondary N) is 1. The first-order chi connectivity index (χ1) is 7.70. The first-order valence-electron chi connectivity index (χ1n) is 5.98. The Morgan fingerprint density at radius 1 is 1.31 bits per heavy atom. The van der Waals surface area contributed by atoms with Crippen molar-refractivity contribution in [2.75, 3.05) is 23.8 Å². The van der Waals surface area contributed by atoms with Crippen LogP contribution in [0.15, 0.2) is 18.2 Å². The minimum Gasteiger partial charge on any atom is -0.376 e. The highest BCUT2D eigenvalue weighted by molar-refractivity contribution is 6.34. The molecule has 0 bridgehead atoms. The van der Waals surface area contributed by atoms with Crippen molar-refractivity contribution in [3.05, 3.63) is 23.2 Å². The molecule has 0 atom stereocenters. The van der Waals surface area contributed by atoms with Gasteiger partial charge in [0.2, 0.25) is 0 Å². The molecule has 1 fully saturated rings. The number of para-hydroxylation sites is 1. The van der Waals surface area contributed by atoms with Crippen molar-refractivity contribution in [3.63, 3.8) is 0 Å². The lowest BCUT2D eigenvalue weighted by Crippen LogP contribution is -2.49. The average molecular weight is 237 g/mol. The van der Waals surface area contributed by atoms with E-state index < -0.39 is 0 Å². The van der Waals surface area contributed by atoms with E-state index in [-0.39, 0.29) is 0 Å². The smallest absolute Gasteiger partial charge is 0.0789 e. The van der Waals surface area contributed by atoms with Gasteiger partial charge in [-0.05, 0) is 25.0 Å². The standard InChI is InChI=1S/C13H17ClN2/c1-16-9-13(7-2-3-8-13)15-11-6-4-5-10(14)12(11)16/h4-6,15H,2-3,7-9H2,1H3. The summed E-state index contributed by atoms with van der Waals surface area (Å²) < 4.78 is 0. The van der Waals surface area contributed by atoms with E-state index in [1.165, 1.54) is 31.4 Å². The van der Waals surface area contributed by atoms with Crippen molar-refractivity contribution in [2.24, 2.45) is 0 Å². The van der Waals surface area contributed by atoms with Gasteiger partial charge in [0.15, 0.2) is 0 Å². The fourth-order valence-corrected chi connectivity index (χ4v) is 3.52.